The van der Waals surface area contributed by atoms with Gasteiger partial charge in [0, 0.05) is 49.6 Å². The summed E-state index contributed by atoms with van der Waals surface area (Å²) in [5, 5.41) is 8.63. The van der Waals surface area contributed by atoms with E-state index in [2.05, 4.69) is 32.0 Å². The summed E-state index contributed by atoms with van der Waals surface area (Å²) >= 11 is 0. The number of pyridine rings is 1. The van der Waals surface area contributed by atoms with E-state index in [0.717, 1.165) is 61.2 Å². The van der Waals surface area contributed by atoms with Gasteiger partial charge in [0.1, 0.15) is 17.8 Å². The largest absolute Gasteiger partial charge is 0.381 e. The molecule has 4 aromatic heterocycles. The van der Waals surface area contributed by atoms with Crippen molar-refractivity contribution in [3.05, 3.63) is 55.3 Å². The molecule has 6 rings (SSSR count). The van der Waals surface area contributed by atoms with Crippen LogP contribution in [0.5, 0.6) is 0 Å². The molecule has 1 atom stereocenters. The second kappa shape index (κ2) is 7.79. The monoisotopic (exact) mass is 429 g/mol. The quantitative estimate of drug-likeness (QED) is 0.488. The molecule has 0 radical (unpaired) electrons. The minimum absolute atomic E-state index is 0.0957. The van der Waals surface area contributed by atoms with E-state index in [4.69, 9.17) is 14.7 Å². The summed E-state index contributed by atoms with van der Waals surface area (Å²) in [4.78, 5) is 20.8. The molecule has 0 N–H and O–H groups in total. The standard InChI is InChI=1S/C22H23N9O/c1-2-17-21-28-26-14-30(21)18-13-25-22(27-20(18)31(17)16-5-11-32-12-6-16)29-10-9-24-19(29)15-3-7-23-8-4-15/h3-4,7-10,13-14,16-17H,2,5-6,11-12H2,1H3. The molecule has 6 heterocycles. The third-order valence-electron chi connectivity index (χ3n) is 6.22. The Kier molecular flexibility index (Phi) is 4.64. The first-order valence-electron chi connectivity index (χ1n) is 10.9. The van der Waals surface area contributed by atoms with Crippen molar-refractivity contribution in [2.24, 2.45) is 0 Å². The third-order valence-corrected chi connectivity index (χ3v) is 6.22. The maximum atomic E-state index is 5.64. The third kappa shape index (κ3) is 2.98. The second-order valence-corrected chi connectivity index (χ2v) is 7.97. The van der Waals surface area contributed by atoms with E-state index in [1.165, 1.54) is 0 Å². The molecule has 162 valence electrons. The Morgan fingerprint density at radius 2 is 1.91 bits per heavy atom. The summed E-state index contributed by atoms with van der Waals surface area (Å²) in [6.07, 6.45) is 13.6. The van der Waals surface area contributed by atoms with E-state index in [1.54, 1.807) is 24.9 Å². The number of aromatic nitrogens is 8. The van der Waals surface area contributed by atoms with Crippen molar-refractivity contribution in [2.45, 2.75) is 38.3 Å². The van der Waals surface area contributed by atoms with E-state index < -0.39 is 0 Å². The van der Waals surface area contributed by atoms with E-state index in [-0.39, 0.29) is 6.04 Å². The van der Waals surface area contributed by atoms with E-state index in [1.807, 2.05) is 33.7 Å². The minimum atomic E-state index is 0.0957. The Morgan fingerprint density at radius 1 is 1.06 bits per heavy atom. The summed E-state index contributed by atoms with van der Waals surface area (Å²) in [6, 6.07) is 4.28. The first-order chi connectivity index (χ1) is 15.8. The van der Waals surface area contributed by atoms with Crippen LogP contribution >= 0.6 is 0 Å². The van der Waals surface area contributed by atoms with E-state index in [0.29, 0.717) is 12.0 Å². The normalized spacial score (nSPS) is 18.4. The summed E-state index contributed by atoms with van der Waals surface area (Å²) < 4.78 is 9.57. The van der Waals surface area contributed by atoms with Gasteiger partial charge in [0.15, 0.2) is 11.6 Å². The van der Waals surface area contributed by atoms with E-state index in [9.17, 15) is 0 Å². The van der Waals surface area contributed by atoms with Gasteiger partial charge in [-0.1, -0.05) is 6.92 Å². The first kappa shape index (κ1) is 19.1. The number of rotatable bonds is 4. The van der Waals surface area contributed by atoms with Crippen molar-refractivity contribution in [2.75, 3.05) is 18.1 Å². The fraction of sp³-hybridized carbons (Fsp3) is 0.364. The molecule has 1 fully saturated rings. The van der Waals surface area contributed by atoms with Crippen LogP contribution in [-0.2, 0) is 4.74 Å². The van der Waals surface area contributed by atoms with Crippen LogP contribution in [0.15, 0.2) is 49.4 Å². The Bertz CT molecular complexity index is 1230. The number of hydrogen-bond donors (Lipinski definition) is 0. The van der Waals surface area contributed by atoms with Crippen molar-refractivity contribution >= 4 is 5.82 Å². The van der Waals surface area contributed by atoms with Gasteiger partial charge in [-0.3, -0.25) is 14.1 Å². The molecule has 0 spiro atoms. The highest BCUT2D eigenvalue weighted by atomic mass is 16.5. The topological polar surface area (TPSA) is 99.7 Å². The number of ether oxygens (including phenoxy) is 1. The van der Waals surface area contributed by atoms with Gasteiger partial charge in [-0.25, -0.2) is 9.97 Å². The van der Waals surface area contributed by atoms with Crippen molar-refractivity contribution in [3.8, 4) is 23.0 Å². The molecule has 10 heteroatoms. The van der Waals surface area contributed by atoms with Gasteiger partial charge in [0.2, 0.25) is 5.95 Å². The highest BCUT2D eigenvalue weighted by molar-refractivity contribution is 5.63. The van der Waals surface area contributed by atoms with Crippen LogP contribution in [0.25, 0.3) is 23.0 Å². The van der Waals surface area contributed by atoms with Gasteiger partial charge >= 0.3 is 0 Å². The van der Waals surface area contributed by atoms with Gasteiger partial charge in [0.25, 0.3) is 0 Å². The first-order valence-corrected chi connectivity index (χ1v) is 10.9. The van der Waals surface area contributed by atoms with Gasteiger partial charge in [0.05, 0.1) is 12.2 Å². The molecule has 2 aliphatic rings. The smallest absolute Gasteiger partial charge is 0.237 e. The molecule has 0 amide bonds. The molecule has 0 aromatic carbocycles. The summed E-state index contributed by atoms with van der Waals surface area (Å²) in [5.74, 6) is 3.19. The number of hydrogen-bond acceptors (Lipinski definition) is 8. The molecule has 32 heavy (non-hydrogen) atoms. The summed E-state index contributed by atoms with van der Waals surface area (Å²) in [5.41, 5.74) is 1.86. The van der Waals surface area contributed by atoms with Crippen LogP contribution in [0, 0.1) is 0 Å². The summed E-state index contributed by atoms with van der Waals surface area (Å²) in [6.45, 7) is 3.69. The molecule has 1 unspecified atom stereocenters. The van der Waals surface area contributed by atoms with E-state index >= 15 is 0 Å². The van der Waals surface area contributed by atoms with Crippen LogP contribution < -0.4 is 4.90 Å². The Morgan fingerprint density at radius 3 is 2.72 bits per heavy atom. The molecular weight excluding hydrogens is 406 g/mol. The lowest BCUT2D eigenvalue weighted by molar-refractivity contribution is 0.0817. The number of fused-ring (bicyclic) bond motifs is 3. The van der Waals surface area contributed by atoms with Crippen LogP contribution in [0.1, 0.15) is 38.1 Å². The van der Waals surface area contributed by atoms with Crippen molar-refractivity contribution in [3.63, 3.8) is 0 Å². The van der Waals surface area contributed by atoms with Crippen LogP contribution in [0.4, 0.5) is 5.82 Å². The maximum Gasteiger partial charge on any atom is 0.237 e. The van der Waals surface area contributed by atoms with Gasteiger partial charge in [-0.2, -0.15) is 4.98 Å². The molecule has 10 nitrogen and oxygen atoms in total. The molecule has 2 aliphatic heterocycles. The Labute approximate surface area is 185 Å². The lowest BCUT2D eigenvalue weighted by Gasteiger charge is -2.43. The van der Waals surface area contributed by atoms with Crippen molar-refractivity contribution in [1.82, 2.24) is 39.3 Å². The van der Waals surface area contributed by atoms with Crippen LogP contribution in [0.2, 0.25) is 0 Å². The average Bonchev–Trinajstić information content (AvgIpc) is 3.54. The molecule has 0 bridgehead atoms. The Hall–Kier alpha value is -3.66. The van der Waals surface area contributed by atoms with Crippen molar-refractivity contribution < 1.29 is 4.74 Å². The van der Waals surface area contributed by atoms with Gasteiger partial charge in [-0.05, 0) is 31.4 Å². The zero-order valence-corrected chi connectivity index (χ0v) is 17.7. The number of anilines is 1. The SMILES string of the molecule is CCC1c2nncn2-c2cnc(-n3ccnc3-c3ccncc3)nc2N1C1CCOCC1. The molecule has 0 aliphatic carbocycles. The lowest BCUT2D eigenvalue weighted by Crippen LogP contribution is -2.45. The maximum absolute atomic E-state index is 5.64. The molecule has 0 saturated carbocycles. The highest BCUT2D eigenvalue weighted by Crippen LogP contribution is 2.41. The molecule has 1 saturated heterocycles. The average molecular weight is 429 g/mol. The Balaban J connectivity index is 1.50. The molecule has 4 aromatic rings. The minimum Gasteiger partial charge on any atom is -0.381 e. The second-order valence-electron chi connectivity index (χ2n) is 7.97. The predicted molar refractivity (Wildman–Crippen MR) is 117 cm³/mol. The lowest BCUT2D eigenvalue weighted by atomic mass is 10.0. The fourth-order valence-corrected chi connectivity index (χ4v) is 4.71. The zero-order chi connectivity index (χ0) is 21.5. The predicted octanol–water partition coefficient (Wildman–Crippen LogP) is 2.76. The van der Waals surface area contributed by atoms with Crippen LogP contribution in [-0.4, -0.2) is 58.5 Å². The van der Waals surface area contributed by atoms with Crippen molar-refractivity contribution in [1.29, 1.82) is 0 Å². The zero-order valence-electron chi connectivity index (χ0n) is 17.7. The molecular formula is C22H23N9O. The van der Waals surface area contributed by atoms with Gasteiger partial charge in [-0.15, -0.1) is 10.2 Å². The number of imidazole rings is 1. The number of nitrogens with zero attached hydrogens (tertiary/aromatic N) is 9. The fourth-order valence-electron chi connectivity index (χ4n) is 4.71. The van der Waals surface area contributed by atoms with Crippen LogP contribution in [0.3, 0.4) is 0 Å². The summed E-state index contributed by atoms with van der Waals surface area (Å²) in [7, 11) is 0. The highest BCUT2D eigenvalue weighted by Gasteiger charge is 2.38. The van der Waals surface area contributed by atoms with Gasteiger partial charge < -0.3 is 9.64 Å².